The van der Waals surface area contributed by atoms with Crippen LogP contribution in [0.3, 0.4) is 0 Å². The van der Waals surface area contributed by atoms with Gasteiger partial charge in [-0.1, -0.05) is 0 Å². The van der Waals surface area contributed by atoms with E-state index in [-0.39, 0.29) is 11.4 Å². The zero-order valence-electron chi connectivity index (χ0n) is 17.7. The molecule has 0 atom stereocenters. The van der Waals surface area contributed by atoms with E-state index in [0.29, 0.717) is 52.3 Å². The van der Waals surface area contributed by atoms with Gasteiger partial charge in [0.25, 0.3) is 5.56 Å². The minimum atomic E-state index is -0.412. The normalized spacial score (nSPS) is 15.0. The molecule has 32 heavy (non-hydrogen) atoms. The Kier molecular flexibility index (Phi) is 5.14. The molecular weight excluding hydrogens is 433 g/mol. The molecule has 0 saturated carbocycles. The summed E-state index contributed by atoms with van der Waals surface area (Å²) in [6.45, 7) is 3.54. The first-order valence-electron chi connectivity index (χ1n) is 10.3. The molecule has 5 rings (SSSR count). The maximum Gasteiger partial charge on any atom is 0.328 e. The highest BCUT2D eigenvalue weighted by Gasteiger charge is 2.22. The Hall–Kier alpha value is -3.31. The first-order valence-corrected chi connectivity index (χ1v) is 11.1. The van der Waals surface area contributed by atoms with Crippen LogP contribution in [0.5, 0.6) is 0 Å². The molecule has 0 radical (unpaired) electrons. The van der Waals surface area contributed by atoms with Crippen molar-refractivity contribution in [1.82, 2.24) is 24.4 Å². The van der Waals surface area contributed by atoms with Crippen LogP contribution in [0.25, 0.3) is 21.1 Å². The van der Waals surface area contributed by atoms with Gasteiger partial charge in [0, 0.05) is 57.1 Å². The smallest absolute Gasteiger partial charge is 0.328 e. The molecule has 1 aliphatic rings. The number of piperazine rings is 1. The number of nitrogens with zero attached hydrogens (tertiary/aromatic N) is 5. The Labute approximate surface area is 186 Å². The molecule has 1 saturated heterocycles. The summed E-state index contributed by atoms with van der Waals surface area (Å²) >= 11 is 1.41. The van der Waals surface area contributed by atoms with Crippen molar-refractivity contribution in [3.05, 3.63) is 56.1 Å². The van der Waals surface area contributed by atoms with Crippen molar-refractivity contribution in [3.8, 4) is 0 Å². The summed E-state index contributed by atoms with van der Waals surface area (Å²) in [5.74, 6) is 0.268. The monoisotopic (exact) mass is 455 g/mol. The molecule has 0 amide bonds. The molecule has 0 bridgehead atoms. The number of rotatable bonds is 4. The number of aromatic nitrogens is 4. The number of thiophene rings is 1. The standard InChI is InChI=1S/C21H22FN7O2S/c1-23-19-13-3-4-15(16(22)17(13)24-11-25-19)29-7-5-28(6-8-29)10-12-9-14-18(32-12)20(30)27(2)21(31)26-14/h3-4,9,11H,5-8,10H2,1-2H3,(H,26,31)(H,23,24,25). The lowest BCUT2D eigenvalue weighted by Gasteiger charge is -2.36. The van der Waals surface area contributed by atoms with E-state index in [0.717, 1.165) is 22.5 Å². The van der Waals surface area contributed by atoms with E-state index in [1.807, 2.05) is 17.0 Å². The van der Waals surface area contributed by atoms with Gasteiger partial charge in [0.1, 0.15) is 22.4 Å². The number of halogens is 1. The molecule has 0 aliphatic carbocycles. The van der Waals surface area contributed by atoms with Gasteiger partial charge in [-0.2, -0.15) is 0 Å². The first kappa shape index (κ1) is 20.6. The molecule has 1 aromatic carbocycles. The Morgan fingerprint density at radius 3 is 2.72 bits per heavy atom. The van der Waals surface area contributed by atoms with Crippen molar-refractivity contribution in [1.29, 1.82) is 0 Å². The fourth-order valence-electron chi connectivity index (χ4n) is 4.11. The number of nitrogens with one attached hydrogen (secondary N) is 2. The average Bonchev–Trinajstić information content (AvgIpc) is 3.20. The molecule has 11 heteroatoms. The predicted octanol–water partition coefficient (Wildman–Crippen LogP) is 1.73. The van der Waals surface area contributed by atoms with Crippen LogP contribution < -0.4 is 21.5 Å². The number of hydrogen-bond donors (Lipinski definition) is 2. The zero-order chi connectivity index (χ0) is 22.4. The van der Waals surface area contributed by atoms with E-state index < -0.39 is 5.69 Å². The summed E-state index contributed by atoms with van der Waals surface area (Å²) in [7, 11) is 3.22. The van der Waals surface area contributed by atoms with Crippen molar-refractivity contribution in [2.24, 2.45) is 7.05 Å². The molecule has 166 valence electrons. The van der Waals surface area contributed by atoms with Crippen LogP contribution >= 0.6 is 11.3 Å². The number of benzene rings is 1. The van der Waals surface area contributed by atoms with Gasteiger partial charge in [0.05, 0.1) is 11.2 Å². The molecular formula is C21H22FN7O2S. The van der Waals surface area contributed by atoms with Gasteiger partial charge in [0.2, 0.25) is 0 Å². The summed E-state index contributed by atoms with van der Waals surface area (Å²) in [6, 6.07) is 5.51. The van der Waals surface area contributed by atoms with Gasteiger partial charge < -0.3 is 15.2 Å². The van der Waals surface area contributed by atoms with Crippen LogP contribution in [-0.2, 0) is 13.6 Å². The van der Waals surface area contributed by atoms with Crippen LogP contribution in [0.1, 0.15) is 4.88 Å². The maximum atomic E-state index is 15.2. The lowest BCUT2D eigenvalue weighted by Crippen LogP contribution is -2.46. The largest absolute Gasteiger partial charge is 0.373 e. The van der Waals surface area contributed by atoms with Crippen molar-refractivity contribution in [2.75, 3.05) is 43.4 Å². The predicted molar refractivity (Wildman–Crippen MR) is 124 cm³/mol. The minimum Gasteiger partial charge on any atom is -0.373 e. The molecule has 1 aliphatic heterocycles. The van der Waals surface area contributed by atoms with Crippen LogP contribution in [0, 0.1) is 5.82 Å². The number of H-pyrrole nitrogens is 1. The Balaban J connectivity index is 1.32. The summed E-state index contributed by atoms with van der Waals surface area (Å²) in [5, 5.41) is 3.62. The average molecular weight is 456 g/mol. The highest BCUT2D eigenvalue weighted by atomic mass is 32.1. The van der Waals surface area contributed by atoms with Crippen molar-refractivity contribution < 1.29 is 4.39 Å². The summed E-state index contributed by atoms with van der Waals surface area (Å²) < 4.78 is 16.8. The lowest BCUT2D eigenvalue weighted by atomic mass is 10.1. The molecule has 4 heterocycles. The van der Waals surface area contributed by atoms with E-state index in [2.05, 4.69) is 25.2 Å². The zero-order valence-corrected chi connectivity index (χ0v) is 18.5. The van der Waals surface area contributed by atoms with Gasteiger partial charge in [0.15, 0.2) is 5.82 Å². The molecule has 2 N–H and O–H groups in total. The maximum absolute atomic E-state index is 15.2. The van der Waals surface area contributed by atoms with E-state index in [1.165, 1.54) is 24.7 Å². The van der Waals surface area contributed by atoms with E-state index in [1.54, 1.807) is 13.1 Å². The van der Waals surface area contributed by atoms with E-state index >= 15 is 4.39 Å². The number of anilines is 2. The SMILES string of the molecule is CNc1ncnc2c(F)c(N3CCN(Cc4cc5[nH]c(=O)n(C)c(=O)c5s4)CC3)ccc12. The van der Waals surface area contributed by atoms with E-state index in [9.17, 15) is 9.59 Å². The molecule has 1 fully saturated rings. The van der Waals surface area contributed by atoms with E-state index in [4.69, 9.17) is 0 Å². The number of aromatic amines is 1. The third kappa shape index (κ3) is 3.43. The second-order valence-electron chi connectivity index (χ2n) is 7.78. The highest BCUT2D eigenvalue weighted by Crippen LogP contribution is 2.30. The molecule has 0 spiro atoms. The highest BCUT2D eigenvalue weighted by molar-refractivity contribution is 7.18. The van der Waals surface area contributed by atoms with Crippen LogP contribution in [0.15, 0.2) is 34.1 Å². The quantitative estimate of drug-likeness (QED) is 0.484. The van der Waals surface area contributed by atoms with Crippen molar-refractivity contribution in [3.63, 3.8) is 0 Å². The second kappa shape index (κ2) is 7.99. The fraction of sp³-hybridized carbons (Fsp3) is 0.333. The van der Waals surface area contributed by atoms with Crippen molar-refractivity contribution in [2.45, 2.75) is 6.54 Å². The van der Waals surface area contributed by atoms with Gasteiger partial charge >= 0.3 is 5.69 Å². The first-order chi connectivity index (χ1) is 15.5. The number of hydrogen-bond acceptors (Lipinski definition) is 8. The van der Waals surface area contributed by atoms with Gasteiger partial charge in [-0.25, -0.2) is 19.2 Å². The Morgan fingerprint density at radius 1 is 1.19 bits per heavy atom. The second-order valence-corrected chi connectivity index (χ2v) is 8.92. The summed E-state index contributed by atoms with van der Waals surface area (Å²) in [6.07, 6.45) is 1.37. The Morgan fingerprint density at radius 2 is 1.97 bits per heavy atom. The van der Waals surface area contributed by atoms with Gasteiger partial charge in [-0.05, 0) is 18.2 Å². The lowest BCUT2D eigenvalue weighted by molar-refractivity contribution is 0.251. The minimum absolute atomic E-state index is 0.276. The molecule has 3 aromatic heterocycles. The van der Waals surface area contributed by atoms with Gasteiger partial charge in [-0.15, -0.1) is 11.3 Å². The third-order valence-electron chi connectivity index (χ3n) is 5.88. The van der Waals surface area contributed by atoms with Crippen LogP contribution in [-0.4, -0.2) is 57.6 Å². The third-order valence-corrected chi connectivity index (χ3v) is 6.99. The molecule has 4 aromatic rings. The summed E-state index contributed by atoms with van der Waals surface area (Å²) in [4.78, 5) is 40.5. The summed E-state index contributed by atoms with van der Waals surface area (Å²) in [5.41, 5.74) is 0.746. The molecule has 0 unspecified atom stereocenters. The number of fused-ring (bicyclic) bond motifs is 2. The fourth-order valence-corrected chi connectivity index (χ4v) is 5.24. The molecule has 9 nitrogen and oxygen atoms in total. The van der Waals surface area contributed by atoms with Crippen LogP contribution in [0.2, 0.25) is 0 Å². The van der Waals surface area contributed by atoms with Gasteiger partial charge in [-0.3, -0.25) is 14.3 Å². The topological polar surface area (TPSA) is 99.2 Å². The van der Waals surface area contributed by atoms with Crippen LogP contribution in [0.4, 0.5) is 15.9 Å². The van der Waals surface area contributed by atoms with Crippen molar-refractivity contribution >= 4 is 44.0 Å². The Bertz CT molecular complexity index is 1440.